The Morgan fingerprint density at radius 2 is 1.95 bits per heavy atom. The van der Waals surface area contributed by atoms with E-state index in [2.05, 4.69) is 0 Å². The van der Waals surface area contributed by atoms with Gasteiger partial charge in [0.25, 0.3) is 5.91 Å². The molecule has 0 heterocycles. The molecule has 1 rings (SSSR count). The minimum absolute atomic E-state index is 0.0190. The van der Waals surface area contributed by atoms with Crippen molar-refractivity contribution >= 4 is 15.9 Å². The number of para-hydroxylation sites is 1. The largest absolute Gasteiger partial charge is 0.482 e. The van der Waals surface area contributed by atoms with Crippen LogP contribution in [0.1, 0.15) is 32.3 Å². The lowest BCUT2D eigenvalue weighted by Gasteiger charge is -2.13. The molecule has 22 heavy (non-hydrogen) atoms. The second kappa shape index (κ2) is 8.39. The average Bonchev–Trinajstić information content (AvgIpc) is 2.50. The van der Waals surface area contributed by atoms with Crippen LogP contribution in [0.5, 0.6) is 5.75 Å². The molecule has 6 nitrogen and oxygen atoms in total. The molecule has 0 aliphatic carbocycles. The maximum Gasteiger partial charge on any atom is 0.271 e. The first kappa shape index (κ1) is 18.0. The Morgan fingerprint density at radius 3 is 2.55 bits per heavy atom. The quantitative estimate of drug-likeness (QED) is 0.787. The summed E-state index contributed by atoms with van der Waals surface area (Å²) in [6.07, 6.45) is 1.47. The third kappa shape index (κ3) is 5.74. The molecular formula is C15H20N2O4S. The Balaban J connectivity index is 2.58. The normalized spacial score (nSPS) is 11.0. The van der Waals surface area contributed by atoms with Crippen molar-refractivity contribution in [1.29, 1.82) is 5.26 Å². The molecule has 0 aliphatic heterocycles. The Bertz CT molecular complexity index is 646. The minimum atomic E-state index is -3.67. The van der Waals surface area contributed by atoms with Gasteiger partial charge in [-0.25, -0.2) is 8.42 Å². The number of nitrogens with zero attached hydrogens (tertiary/aromatic N) is 1. The first-order valence-corrected chi connectivity index (χ1v) is 8.72. The summed E-state index contributed by atoms with van der Waals surface area (Å²) in [5, 5.41) is 8.90. The van der Waals surface area contributed by atoms with Crippen LogP contribution in [0.25, 0.3) is 0 Å². The molecule has 0 atom stereocenters. The number of nitrogens with one attached hydrogen (secondary N) is 1. The zero-order chi connectivity index (χ0) is 16.6. The molecule has 0 bridgehead atoms. The van der Waals surface area contributed by atoms with Crippen LogP contribution in [0.4, 0.5) is 0 Å². The van der Waals surface area contributed by atoms with E-state index in [0.717, 1.165) is 12.8 Å². The van der Waals surface area contributed by atoms with Gasteiger partial charge < -0.3 is 4.74 Å². The number of benzene rings is 1. The Hall–Kier alpha value is -2.07. The lowest BCUT2D eigenvalue weighted by molar-refractivity contribution is -0.121. The van der Waals surface area contributed by atoms with Crippen LogP contribution in [0.3, 0.4) is 0 Å². The molecule has 0 saturated carbocycles. The van der Waals surface area contributed by atoms with Crippen molar-refractivity contribution in [1.82, 2.24) is 4.72 Å². The van der Waals surface area contributed by atoms with E-state index in [1.807, 2.05) is 24.6 Å². The average molecular weight is 324 g/mol. The van der Waals surface area contributed by atoms with Crippen molar-refractivity contribution in [3.05, 3.63) is 29.8 Å². The summed E-state index contributed by atoms with van der Waals surface area (Å²) < 4.78 is 30.9. The molecule has 0 spiro atoms. The Kier molecular flexibility index (Phi) is 6.86. The highest BCUT2D eigenvalue weighted by Gasteiger charge is 2.19. The first-order chi connectivity index (χ1) is 10.4. The number of ether oxygens (including phenoxy) is 1. The van der Waals surface area contributed by atoms with E-state index in [4.69, 9.17) is 10.00 Å². The molecule has 1 amide bonds. The summed E-state index contributed by atoms with van der Waals surface area (Å²) in [6, 6.07) is 8.37. The number of nitriles is 1. The van der Waals surface area contributed by atoms with Gasteiger partial charge in [0.05, 0.1) is 11.3 Å². The molecule has 0 saturated heterocycles. The number of hydrogen-bond donors (Lipinski definition) is 1. The SMILES string of the molecule is CCC(CC)CS(=O)(=O)NC(=O)COc1ccccc1C#N. The predicted octanol–water partition coefficient (Wildman–Crippen LogP) is 1.82. The number of rotatable bonds is 8. The van der Waals surface area contributed by atoms with E-state index >= 15 is 0 Å². The van der Waals surface area contributed by atoms with Crippen LogP contribution in [-0.2, 0) is 14.8 Å². The van der Waals surface area contributed by atoms with Gasteiger partial charge in [0.2, 0.25) is 10.0 Å². The summed E-state index contributed by atoms with van der Waals surface area (Å²) in [6.45, 7) is 3.36. The molecule has 1 N–H and O–H groups in total. The third-order valence-electron chi connectivity index (χ3n) is 3.25. The lowest BCUT2D eigenvalue weighted by atomic mass is 10.1. The zero-order valence-corrected chi connectivity index (χ0v) is 13.5. The summed E-state index contributed by atoms with van der Waals surface area (Å²) in [4.78, 5) is 11.7. The van der Waals surface area contributed by atoms with E-state index in [-0.39, 0.29) is 23.0 Å². The molecular weight excluding hydrogens is 304 g/mol. The molecule has 7 heteroatoms. The lowest BCUT2D eigenvalue weighted by Crippen LogP contribution is -2.37. The van der Waals surface area contributed by atoms with Gasteiger partial charge in [-0.05, 0) is 18.1 Å². The molecule has 1 aromatic rings. The number of carbonyl (C=O) groups is 1. The van der Waals surface area contributed by atoms with Crippen LogP contribution in [-0.4, -0.2) is 26.7 Å². The van der Waals surface area contributed by atoms with E-state index in [1.54, 1.807) is 24.3 Å². The second-order valence-electron chi connectivity index (χ2n) is 4.89. The van der Waals surface area contributed by atoms with Gasteiger partial charge in [-0.2, -0.15) is 5.26 Å². The monoisotopic (exact) mass is 324 g/mol. The van der Waals surface area contributed by atoms with Crippen LogP contribution < -0.4 is 9.46 Å². The van der Waals surface area contributed by atoms with Crippen LogP contribution in [0.15, 0.2) is 24.3 Å². The second-order valence-corrected chi connectivity index (χ2v) is 6.65. The molecule has 120 valence electrons. The van der Waals surface area contributed by atoms with Crippen molar-refractivity contribution in [2.24, 2.45) is 5.92 Å². The van der Waals surface area contributed by atoms with E-state index in [9.17, 15) is 13.2 Å². The fourth-order valence-corrected chi connectivity index (χ4v) is 3.49. The molecule has 1 aromatic carbocycles. The third-order valence-corrected chi connectivity index (χ3v) is 4.69. The molecule has 0 aliphatic rings. The summed E-state index contributed by atoms with van der Waals surface area (Å²) >= 11 is 0. The maximum absolute atomic E-state index is 11.9. The van der Waals surface area contributed by atoms with E-state index in [0.29, 0.717) is 0 Å². The van der Waals surface area contributed by atoms with Crippen LogP contribution in [0.2, 0.25) is 0 Å². The van der Waals surface area contributed by atoms with Gasteiger partial charge in [0.15, 0.2) is 6.61 Å². The summed E-state index contributed by atoms with van der Waals surface area (Å²) in [5.74, 6) is -0.567. The van der Waals surface area contributed by atoms with Crippen LogP contribution in [0, 0.1) is 17.2 Å². The van der Waals surface area contributed by atoms with Gasteiger partial charge in [-0.15, -0.1) is 0 Å². The van der Waals surface area contributed by atoms with Gasteiger partial charge >= 0.3 is 0 Å². The van der Waals surface area contributed by atoms with Crippen molar-refractivity contribution in [2.75, 3.05) is 12.4 Å². The highest BCUT2D eigenvalue weighted by Crippen LogP contribution is 2.16. The highest BCUT2D eigenvalue weighted by atomic mass is 32.2. The summed E-state index contributed by atoms with van der Waals surface area (Å²) in [5.41, 5.74) is 0.287. The van der Waals surface area contributed by atoms with E-state index in [1.165, 1.54) is 0 Å². The van der Waals surface area contributed by atoms with Crippen molar-refractivity contribution in [3.63, 3.8) is 0 Å². The van der Waals surface area contributed by atoms with Gasteiger partial charge in [0.1, 0.15) is 11.8 Å². The number of amides is 1. The van der Waals surface area contributed by atoms with Crippen LogP contribution >= 0.6 is 0 Å². The van der Waals surface area contributed by atoms with Gasteiger partial charge in [-0.3, -0.25) is 9.52 Å². The Labute approximate surface area is 131 Å². The summed E-state index contributed by atoms with van der Waals surface area (Å²) in [7, 11) is -3.67. The van der Waals surface area contributed by atoms with E-state index < -0.39 is 22.5 Å². The van der Waals surface area contributed by atoms with Gasteiger partial charge in [0, 0.05) is 0 Å². The minimum Gasteiger partial charge on any atom is -0.482 e. The molecule has 0 fully saturated rings. The molecule has 0 unspecified atom stereocenters. The molecule has 0 radical (unpaired) electrons. The maximum atomic E-state index is 11.9. The number of carbonyl (C=O) groups excluding carboxylic acids is 1. The topological polar surface area (TPSA) is 96.3 Å². The fourth-order valence-electron chi connectivity index (χ4n) is 1.91. The van der Waals surface area contributed by atoms with Crippen molar-refractivity contribution in [2.45, 2.75) is 26.7 Å². The molecule has 0 aromatic heterocycles. The standard InChI is InChI=1S/C15H20N2O4S/c1-3-12(4-2)11-22(19,20)17-15(18)10-21-14-8-6-5-7-13(14)9-16/h5-8,12H,3-4,10-11H2,1-2H3,(H,17,18). The van der Waals surface area contributed by atoms with Gasteiger partial charge in [-0.1, -0.05) is 38.8 Å². The van der Waals surface area contributed by atoms with Crippen molar-refractivity contribution < 1.29 is 17.9 Å². The predicted molar refractivity (Wildman–Crippen MR) is 82.7 cm³/mol. The number of hydrogen-bond acceptors (Lipinski definition) is 5. The number of sulfonamides is 1. The smallest absolute Gasteiger partial charge is 0.271 e. The zero-order valence-electron chi connectivity index (χ0n) is 12.7. The Morgan fingerprint density at radius 1 is 1.32 bits per heavy atom. The first-order valence-electron chi connectivity index (χ1n) is 7.07. The van der Waals surface area contributed by atoms with Crippen molar-refractivity contribution in [3.8, 4) is 11.8 Å². The highest BCUT2D eigenvalue weighted by molar-refractivity contribution is 7.90. The fraction of sp³-hybridized carbons (Fsp3) is 0.467.